The first-order chi connectivity index (χ1) is 36.6. The minimum absolute atomic E-state index is 0.305. The molecule has 6 nitrogen and oxygen atoms in total. The number of methoxy groups -OCH3 is 3. The summed E-state index contributed by atoms with van der Waals surface area (Å²) in [4.78, 5) is 37.6. The van der Waals surface area contributed by atoms with Crippen LogP contribution in [-0.4, -0.2) is 76.0 Å². The molecule has 0 aliphatic carbocycles. The molecule has 0 saturated heterocycles. The number of fused-ring (bicyclic) bond motifs is 2. The second-order valence-corrected chi connectivity index (χ2v) is 56.1. The van der Waals surface area contributed by atoms with Gasteiger partial charge in [0.05, 0.1) is 38.0 Å². The molecule has 0 unspecified atom stereocenters. The number of ether oxygens (including phenoxy) is 3. The van der Waals surface area contributed by atoms with Crippen molar-refractivity contribution < 1.29 is 28.6 Å². The summed E-state index contributed by atoms with van der Waals surface area (Å²) in [6, 6.07) is 26.4. The zero-order valence-corrected chi connectivity index (χ0v) is 61.7. The molecule has 0 saturated carbocycles. The Labute approximate surface area is 516 Å². The van der Waals surface area contributed by atoms with Crippen molar-refractivity contribution in [3.63, 3.8) is 0 Å². The molecule has 0 aliphatic rings. The SMILES string of the molecule is CCC[CH2][Sn]([CH2]CCC)([CH2]CCC)[c]1cc2s[c]([Sn]([CH2]CCC)([CH2]CCC)[CH2]CCC)cc2s1.COC(=O)c1cc(Br)ccc1-c1cc2sc(-c3ccc(Br)cc3C(=O)OC)cc2s1.COC(=O)c1cc(Br)ccc1I. The molecule has 0 amide bonds. The predicted octanol–water partition coefficient (Wildman–Crippen LogP) is 21.3. The molecule has 7 rings (SSSR count). The molecule has 412 valence electrons. The van der Waals surface area contributed by atoms with E-state index in [0.29, 0.717) is 16.7 Å². The van der Waals surface area contributed by atoms with E-state index in [1.54, 1.807) is 76.9 Å². The maximum atomic E-state index is 12.2. The standard InChI is InChI=1S/C22H14Br2O4S2.C8H6BrIO2.C6H2S2.6C4H9.2Sn/c1-27-21(25)15-7-11(23)3-5-13(15)17-9-19-20(29-17)10-18(30-19)14-6-4-12(24)8-16(14)22(26)28-2;1-12-8(11)6-4-5(9)2-3-7(6)10;1-3-7-6-2-4-8-5(1)6;6*1-3-4-2;;/h3-10H,1-2H3;2-4H,1H3;1-2H;6*1,3-4H2,2H3;;. The van der Waals surface area contributed by atoms with Crippen molar-refractivity contribution in [2.45, 2.75) is 145 Å². The fourth-order valence-corrected chi connectivity index (χ4v) is 55.3. The number of hydrogen-bond acceptors (Lipinski definition) is 10. The Balaban J connectivity index is 0.000000232. The largest absolute Gasteiger partial charge is 0.465 e. The van der Waals surface area contributed by atoms with Gasteiger partial charge in [0, 0.05) is 47.3 Å². The Bertz CT molecular complexity index is 2720. The summed E-state index contributed by atoms with van der Waals surface area (Å²) >= 11 is 15.4. The molecule has 0 radical (unpaired) electrons. The van der Waals surface area contributed by atoms with Gasteiger partial charge in [-0.25, -0.2) is 14.4 Å². The van der Waals surface area contributed by atoms with Crippen LogP contribution in [0.3, 0.4) is 0 Å². The van der Waals surface area contributed by atoms with E-state index in [0.717, 1.165) is 47.3 Å². The van der Waals surface area contributed by atoms with Crippen LogP contribution in [0.1, 0.15) is 150 Å². The Kier molecular flexibility index (Phi) is 28.9. The van der Waals surface area contributed by atoms with Gasteiger partial charge in [-0.1, -0.05) is 59.9 Å². The molecular formula is C60H76Br3IO6S4Sn2. The molecule has 0 fully saturated rings. The first-order valence-electron chi connectivity index (χ1n) is 27.0. The summed E-state index contributed by atoms with van der Waals surface area (Å²) < 4.78 is 37.0. The number of rotatable bonds is 25. The third kappa shape index (κ3) is 17.8. The van der Waals surface area contributed by atoms with Crippen molar-refractivity contribution >= 4 is 195 Å². The molecular weight excluding hydrogens is 1550 g/mol. The molecule has 3 aromatic carbocycles. The zero-order valence-electron chi connectivity index (χ0n) is 45.8. The Hall–Kier alpha value is -0.843. The molecule has 0 atom stereocenters. The van der Waals surface area contributed by atoms with Crippen LogP contribution >= 0.6 is 116 Å². The fraction of sp³-hybridized carbons (Fsp3) is 0.450. The minimum atomic E-state index is -2.29. The van der Waals surface area contributed by atoms with E-state index < -0.39 is 36.8 Å². The van der Waals surface area contributed by atoms with E-state index in [-0.39, 0.29) is 17.9 Å². The maximum absolute atomic E-state index is 12.2. The van der Waals surface area contributed by atoms with Gasteiger partial charge < -0.3 is 14.2 Å². The van der Waals surface area contributed by atoms with Gasteiger partial charge in [-0.15, -0.1) is 22.7 Å². The van der Waals surface area contributed by atoms with Crippen molar-refractivity contribution in [3.8, 4) is 20.9 Å². The molecule has 0 spiro atoms. The topological polar surface area (TPSA) is 78.9 Å². The van der Waals surface area contributed by atoms with E-state index in [4.69, 9.17) is 9.47 Å². The summed E-state index contributed by atoms with van der Waals surface area (Å²) in [7, 11) is 4.13. The number of thiophene rings is 4. The first-order valence-corrected chi connectivity index (χ1v) is 48.7. The van der Waals surface area contributed by atoms with Gasteiger partial charge in [0.15, 0.2) is 0 Å². The van der Waals surface area contributed by atoms with E-state index in [2.05, 4.69) is 164 Å². The summed E-state index contributed by atoms with van der Waals surface area (Å²) in [6.07, 6.45) is 17.1. The third-order valence-corrected chi connectivity index (χ3v) is 57.6. The van der Waals surface area contributed by atoms with Gasteiger partial charge in [0.2, 0.25) is 0 Å². The third-order valence-electron chi connectivity index (χ3n) is 14.2. The van der Waals surface area contributed by atoms with E-state index >= 15 is 0 Å². The van der Waals surface area contributed by atoms with Gasteiger partial charge in [-0.3, -0.25) is 0 Å². The monoisotopic (exact) mass is 1620 g/mol. The van der Waals surface area contributed by atoms with Crippen LogP contribution in [0, 0.1) is 3.57 Å². The van der Waals surface area contributed by atoms with Gasteiger partial charge >= 0.3 is 250 Å². The van der Waals surface area contributed by atoms with Gasteiger partial charge in [0.1, 0.15) is 0 Å². The molecule has 0 aliphatic heterocycles. The molecule has 0 bridgehead atoms. The van der Waals surface area contributed by atoms with E-state index in [1.165, 1.54) is 98.4 Å². The van der Waals surface area contributed by atoms with Crippen molar-refractivity contribution in [2.24, 2.45) is 0 Å². The normalized spacial score (nSPS) is 11.5. The molecule has 7 aromatic rings. The number of halogens is 4. The van der Waals surface area contributed by atoms with Gasteiger partial charge in [-0.2, -0.15) is 0 Å². The molecule has 76 heavy (non-hydrogen) atoms. The predicted molar refractivity (Wildman–Crippen MR) is 356 cm³/mol. The van der Waals surface area contributed by atoms with Crippen molar-refractivity contribution in [3.05, 3.63) is 113 Å². The molecule has 16 heteroatoms. The maximum Gasteiger partial charge on any atom is 0.338 e. The van der Waals surface area contributed by atoms with Crippen LogP contribution in [0.4, 0.5) is 0 Å². The summed E-state index contributed by atoms with van der Waals surface area (Å²) in [5.41, 5.74) is 3.29. The van der Waals surface area contributed by atoms with Crippen LogP contribution in [-0.2, 0) is 14.2 Å². The number of carbonyl (C=O) groups is 3. The summed E-state index contributed by atoms with van der Waals surface area (Å²) in [6.45, 7) is 14.4. The minimum Gasteiger partial charge on any atom is -0.465 e. The van der Waals surface area contributed by atoms with Crippen molar-refractivity contribution in [1.29, 1.82) is 0 Å². The number of benzene rings is 3. The smallest absolute Gasteiger partial charge is 0.338 e. The van der Waals surface area contributed by atoms with Crippen LogP contribution in [0.25, 0.3) is 39.7 Å². The van der Waals surface area contributed by atoms with Crippen LogP contribution in [0.15, 0.2) is 92.3 Å². The molecule has 0 N–H and O–H groups in total. The number of esters is 3. The fourth-order valence-electron chi connectivity index (χ4n) is 9.82. The second-order valence-electron chi connectivity index (χ2n) is 19.6. The van der Waals surface area contributed by atoms with Crippen molar-refractivity contribution in [2.75, 3.05) is 21.3 Å². The van der Waals surface area contributed by atoms with Crippen LogP contribution < -0.4 is 5.79 Å². The quantitative estimate of drug-likeness (QED) is 0.0246. The Morgan fingerprint density at radius 2 is 0.711 bits per heavy atom. The first kappa shape index (κ1) is 66.0. The summed E-state index contributed by atoms with van der Waals surface area (Å²) in [5, 5.41) is 0. The van der Waals surface area contributed by atoms with E-state index in [9.17, 15) is 14.4 Å². The molecule has 4 aromatic heterocycles. The van der Waals surface area contributed by atoms with Gasteiger partial charge in [-0.05, 0) is 77.2 Å². The van der Waals surface area contributed by atoms with Crippen LogP contribution in [0.5, 0.6) is 0 Å². The average molecular weight is 1630 g/mol. The second kappa shape index (κ2) is 33.3. The number of hydrogen-bond donors (Lipinski definition) is 0. The number of carbonyl (C=O) groups excluding carboxylic acids is 3. The van der Waals surface area contributed by atoms with Crippen molar-refractivity contribution in [1.82, 2.24) is 0 Å². The Morgan fingerprint density at radius 1 is 0.421 bits per heavy atom. The molecule has 4 heterocycles. The number of unbranched alkanes of at least 4 members (excludes halogenated alkanes) is 6. The zero-order chi connectivity index (χ0) is 55.4. The van der Waals surface area contributed by atoms with Crippen LogP contribution in [0.2, 0.25) is 26.6 Å². The Morgan fingerprint density at radius 3 is 1.03 bits per heavy atom. The van der Waals surface area contributed by atoms with Gasteiger partial charge in [0.25, 0.3) is 0 Å². The summed E-state index contributed by atoms with van der Waals surface area (Å²) in [5.74, 6) is -1.05. The van der Waals surface area contributed by atoms with E-state index in [1.807, 2.05) is 42.2 Å². The average Bonchev–Trinajstić information content (AvgIpc) is 4.23.